The standard InChI is InChI=1S/C15H19NO4/c17-14(18)8-13-6-7-16(10-13,11-15(19)20)9-12-4-2-1-3-5-12/h1-5,13H,6-11H2,(H-,17,18,19,20)/p+1. The normalized spacial score (nSPS) is 25.5. The molecule has 0 aromatic heterocycles. The number of aliphatic carboxylic acids is 2. The first kappa shape index (κ1) is 14.5. The number of likely N-dealkylation sites (tertiary alicyclic amines) is 1. The van der Waals surface area contributed by atoms with Gasteiger partial charge in [0.05, 0.1) is 19.5 Å². The summed E-state index contributed by atoms with van der Waals surface area (Å²) < 4.78 is 0.456. The van der Waals surface area contributed by atoms with Gasteiger partial charge in [-0.05, 0) is 0 Å². The quantitative estimate of drug-likeness (QED) is 0.775. The summed E-state index contributed by atoms with van der Waals surface area (Å²) in [6.07, 6.45) is 0.917. The Morgan fingerprint density at radius 3 is 2.45 bits per heavy atom. The zero-order valence-electron chi connectivity index (χ0n) is 11.4. The minimum absolute atomic E-state index is 0.0605. The molecule has 0 spiro atoms. The third kappa shape index (κ3) is 3.81. The van der Waals surface area contributed by atoms with E-state index in [0.717, 1.165) is 18.5 Å². The van der Waals surface area contributed by atoms with E-state index in [1.807, 2.05) is 30.3 Å². The number of nitrogens with zero attached hydrogens (tertiary/aromatic N) is 1. The molecule has 5 heteroatoms. The molecule has 0 aliphatic carbocycles. The molecule has 1 aromatic carbocycles. The average Bonchev–Trinajstić information content (AvgIpc) is 2.71. The zero-order valence-corrected chi connectivity index (χ0v) is 11.4. The predicted octanol–water partition coefficient (Wildman–Crippen LogP) is 1.58. The van der Waals surface area contributed by atoms with Crippen LogP contribution in [0, 0.1) is 5.92 Å². The van der Waals surface area contributed by atoms with Crippen molar-refractivity contribution in [3.05, 3.63) is 35.9 Å². The van der Waals surface area contributed by atoms with E-state index in [9.17, 15) is 9.59 Å². The lowest BCUT2D eigenvalue weighted by molar-refractivity contribution is -0.924. The monoisotopic (exact) mass is 278 g/mol. The molecular weight excluding hydrogens is 258 g/mol. The first-order valence-electron chi connectivity index (χ1n) is 6.82. The summed E-state index contributed by atoms with van der Waals surface area (Å²) in [4.78, 5) is 22.0. The number of carboxylic acids is 2. The molecule has 0 bridgehead atoms. The second kappa shape index (κ2) is 6.05. The number of benzene rings is 1. The van der Waals surface area contributed by atoms with E-state index < -0.39 is 11.9 Å². The van der Waals surface area contributed by atoms with Crippen LogP contribution in [0.3, 0.4) is 0 Å². The Labute approximate surface area is 118 Å². The fraction of sp³-hybridized carbons (Fsp3) is 0.467. The lowest BCUT2D eigenvalue weighted by Gasteiger charge is -2.33. The maximum Gasteiger partial charge on any atom is 0.359 e. The van der Waals surface area contributed by atoms with Crippen LogP contribution in [-0.4, -0.2) is 46.3 Å². The maximum absolute atomic E-state index is 11.1. The van der Waals surface area contributed by atoms with Crippen LogP contribution >= 0.6 is 0 Å². The fourth-order valence-electron chi connectivity index (χ4n) is 3.20. The molecule has 1 aliphatic rings. The van der Waals surface area contributed by atoms with Gasteiger partial charge in [-0.3, -0.25) is 4.79 Å². The molecule has 2 N–H and O–H groups in total. The molecule has 1 heterocycles. The van der Waals surface area contributed by atoms with Crippen molar-refractivity contribution in [1.82, 2.24) is 0 Å². The lowest BCUT2D eigenvalue weighted by atomic mass is 10.1. The third-order valence-corrected chi connectivity index (χ3v) is 3.95. The fourth-order valence-corrected chi connectivity index (χ4v) is 3.20. The van der Waals surface area contributed by atoms with Crippen molar-refractivity contribution in [2.45, 2.75) is 19.4 Å². The van der Waals surface area contributed by atoms with Crippen LogP contribution in [0.15, 0.2) is 30.3 Å². The summed E-state index contributed by atoms with van der Waals surface area (Å²) in [6, 6.07) is 9.80. The van der Waals surface area contributed by atoms with Crippen molar-refractivity contribution >= 4 is 11.9 Å². The number of hydrogen-bond donors (Lipinski definition) is 2. The molecule has 1 saturated heterocycles. The molecule has 2 atom stereocenters. The summed E-state index contributed by atoms with van der Waals surface area (Å²) in [7, 11) is 0. The van der Waals surface area contributed by atoms with Crippen molar-refractivity contribution < 1.29 is 24.3 Å². The van der Waals surface area contributed by atoms with E-state index in [2.05, 4.69) is 0 Å². The predicted molar refractivity (Wildman–Crippen MR) is 73.0 cm³/mol. The van der Waals surface area contributed by atoms with E-state index in [0.29, 0.717) is 17.6 Å². The molecule has 1 aromatic rings. The Morgan fingerprint density at radius 1 is 1.15 bits per heavy atom. The molecule has 2 unspecified atom stereocenters. The van der Waals surface area contributed by atoms with Gasteiger partial charge in [0, 0.05) is 17.9 Å². The van der Waals surface area contributed by atoms with Crippen LogP contribution < -0.4 is 0 Å². The SMILES string of the molecule is O=C(O)CC1CC[N+](CC(=O)O)(Cc2ccccc2)C1. The smallest absolute Gasteiger partial charge is 0.359 e. The van der Waals surface area contributed by atoms with Gasteiger partial charge in [0.25, 0.3) is 0 Å². The molecule has 1 aliphatic heterocycles. The van der Waals surface area contributed by atoms with Crippen molar-refractivity contribution in [1.29, 1.82) is 0 Å². The van der Waals surface area contributed by atoms with Gasteiger partial charge in [-0.15, -0.1) is 0 Å². The van der Waals surface area contributed by atoms with Gasteiger partial charge < -0.3 is 14.7 Å². The van der Waals surface area contributed by atoms with Crippen LogP contribution in [0.1, 0.15) is 18.4 Å². The van der Waals surface area contributed by atoms with Gasteiger partial charge >= 0.3 is 11.9 Å². The summed E-state index contributed by atoms with van der Waals surface area (Å²) in [5.74, 6) is -1.54. The Hall–Kier alpha value is -1.88. The van der Waals surface area contributed by atoms with Crippen LogP contribution in [0.25, 0.3) is 0 Å². The second-order valence-corrected chi connectivity index (χ2v) is 5.70. The molecule has 20 heavy (non-hydrogen) atoms. The van der Waals surface area contributed by atoms with Gasteiger partial charge in [0.15, 0.2) is 6.54 Å². The Bertz CT molecular complexity index is 488. The van der Waals surface area contributed by atoms with Crippen LogP contribution in [-0.2, 0) is 16.1 Å². The topological polar surface area (TPSA) is 74.6 Å². The van der Waals surface area contributed by atoms with Gasteiger partial charge in [-0.25, -0.2) is 4.79 Å². The number of rotatable bonds is 6. The molecule has 1 fully saturated rings. The molecule has 108 valence electrons. The Kier molecular flexibility index (Phi) is 4.39. The summed E-state index contributed by atoms with van der Waals surface area (Å²) in [5, 5.41) is 18.0. The molecule has 0 saturated carbocycles. The van der Waals surface area contributed by atoms with Crippen molar-refractivity contribution in [2.24, 2.45) is 5.92 Å². The lowest BCUT2D eigenvalue weighted by Crippen LogP contribution is -2.48. The molecule has 0 amide bonds. The Morgan fingerprint density at radius 2 is 1.85 bits per heavy atom. The van der Waals surface area contributed by atoms with Crippen LogP contribution in [0.5, 0.6) is 0 Å². The highest BCUT2D eigenvalue weighted by Gasteiger charge is 2.40. The first-order valence-corrected chi connectivity index (χ1v) is 6.82. The van der Waals surface area contributed by atoms with Gasteiger partial charge in [0.2, 0.25) is 0 Å². The summed E-state index contributed by atoms with van der Waals surface area (Å²) in [6.45, 7) is 2.08. The molecular formula is C15H20NO4+. The maximum atomic E-state index is 11.1. The number of hydrogen-bond acceptors (Lipinski definition) is 2. The van der Waals surface area contributed by atoms with E-state index in [4.69, 9.17) is 10.2 Å². The molecule has 2 rings (SSSR count). The highest BCUT2D eigenvalue weighted by Crippen LogP contribution is 2.29. The van der Waals surface area contributed by atoms with E-state index in [-0.39, 0.29) is 18.9 Å². The largest absolute Gasteiger partial charge is 0.481 e. The van der Waals surface area contributed by atoms with E-state index >= 15 is 0 Å². The summed E-state index contributed by atoms with van der Waals surface area (Å²) in [5.41, 5.74) is 1.10. The second-order valence-electron chi connectivity index (χ2n) is 5.70. The highest BCUT2D eigenvalue weighted by molar-refractivity contribution is 5.68. The van der Waals surface area contributed by atoms with Crippen LogP contribution in [0.4, 0.5) is 0 Å². The third-order valence-electron chi connectivity index (χ3n) is 3.95. The number of carbonyl (C=O) groups is 2. The van der Waals surface area contributed by atoms with Gasteiger partial charge in [-0.2, -0.15) is 0 Å². The summed E-state index contributed by atoms with van der Waals surface area (Å²) >= 11 is 0. The van der Waals surface area contributed by atoms with E-state index in [1.165, 1.54) is 0 Å². The molecule has 0 radical (unpaired) electrons. The number of carboxylic acid groups (broad SMARTS) is 2. The van der Waals surface area contributed by atoms with Crippen molar-refractivity contribution in [3.63, 3.8) is 0 Å². The zero-order chi connectivity index (χ0) is 14.6. The first-order chi connectivity index (χ1) is 9.49. The molecule has 5 nitrogen and oxygen atoms in total. The van der Waals surface area contributed by atoms with Gasteiger partial charge in [0.1, 0.15) is 6.54 Å². The average molecular weight is 278 g/mol. The minimum atomic E-state index is -0.822. The Balaban J connectivity index is 2.11. The van der Waals surface area contributed by atoms with E-state index in [1.54, 1.807) is 0 Å². The van der Waals surface area contributed by atoms with Crippen molar-refractivity contribution in [3.8, 4) is 0 Å². The van der Waals surface area contributed by atoms with Crippen molar-refractivity contribution in [2.75, 3.05) is 19.6 Å². The highest BCUT2D eigenvalue weighted by atomic mass is 16.4. The van der Waals surface area contributed by atoms with Crippen LogP contribution in [0.2, 0.25) is 0 Å². The van der Waals surface area contributed by atoms with Gasteiger partial charge in [-0.1, -0.05) is 30.3 Å². The number of quaternary nitrogens is 1. The minimum Gasteiger partial charge on any atom is -0.481 e.